The molecular weight excluding hydrogens is 262 g/mol. The third kappa shape index (κ3) is 10.1. The molecule has 3 unspecified atom stereocenters. The van der Waals surface area contributed by atoms with Crippen molar-refractivity contribution in [1.29, 1.82) is 0 Å². The minimum absolute atomic E-state index is 0.0170. The average molecular weight is 291 g/mol. The number of likely N-dealkylation sites (tertiary alicyclic amines) is 1. The molecule has 0 bridgehead atoms. The lowest BCUT2D eigenvalue weighted by Gasteiger charge is -2.16. The van der Waals surface area contributed by atoms with Gasteiger partial charge in [0.15, 0.2) is 0 Å². The molecule has 120 valence electrons. The zero-order valence-corrected chi connectivity index (χ0v) is 13.0. The van der Waals surface area contributed by atoms with Crippen molar-refractivity contribution in [2.75, 3.05) is 33.4 Å². The SMILES string of the molecule is CC(O)COC(C)COC(C)CO.CN1CCCC1=O. The molecule has 0 aromatic rings. The summed E-state index contributed by atoms with van der Waals surface area (Å²) in [6, 6.07) is 0. The van der Waals surface area contributed by atoms with Gasteiger partial charge in [-0.2, -0.15) is 0 Å². The van der Waals surface area contributed by atoms with Gasteiger partial charge in [-0.15, -0.1) is 0 Å². The predicted molar refractivity (Wildman–Crippen MR) is 76.5 cm³/mol. The monoisotopic (exact) mass is 291 g/mol. The number of carbonyl (C=O) groups is 1. The second-order valence-electron chi connectivity index (χ2n) is 5.24. The van der Waals surface area contributed by atoms with Crippen LogP contribution in [0.5, 0.6) is 0 Å². The average Bonchev–Trinajstić information content (AvgIpc) is 2.78. The van der Waals surface area contributed by atoms with Gasteiger partial charge in [-0.05, 0) is 27.2 Å². The molecule has 0 radical (unpaired) electrons. The molecule has 1 amide bonds. The third-order valence-corrected chi connectivity index (χ3v) is 2.80. The van der Waals surface area contributed by atoms with Crippen molar-refractivity contribution in [2.24, 2.45) is 0 Å². The Labute approximate surface area is 121 Å². The summed E-state index contributed by atoms with van der Waals surface area (Å²) in [6.07, 6.45) is 1.16. The fourth-order valence-electron chi connectivity index (χ4n) is 1.49. The van der Waals surface area contributed by atoms with Gasteiger partial charge < -0.3 is 24.6 Å². The summed E-state index contributed by atoms with van der Waals surface area (Å²) in [7, 11) is 1.84. The van der Waals surface area contributed by atoms with E-state index in [0.717, 1.165) is 19.4 Å². The van der Waals surface area contributed by atoms with E-state index < -0.39 is 6.10 Å². The number of carbonyl (C=O) groups excluding carboxylic acids is 1. The highest BCUT2D eigenvalue weighted by Crippen LogP contribution is 2.04. The Morgan fingerprint density at radius 2 is 1.80 bits per heavy atom. The van der Waals surface area contributed by atoms with Crippen LogP contribution in [-0.4, -0.2) is 72.7 Å². The Kier molecular flexibility index (Phi) is 10.6. The van der Waals surface area contributed by atoms with Gasteiger partial charge in [0.1, 0.15) is 0 Å². The largest absolute Gasteiger partial charge is 0.394 e. The number of ether oxygens (including phenoxy) is 2. The lowest BCUT2D eigenvalue weighted by Crippen LogP contribution is -2.24. The van der Waals surface area contributed by atoms with Gasteiger partial charge in [0.2, 0.25) is 5.91 Å². The van der Waals surface area contributed by atoms with E-state index in [0.29, 0.717) is 19.1 Å². The van der Waals surface area contributed by atoms with Crippen LogP contribution >= 0.6 is 0 Å². The second kappa shape index (κ2) is 11.0. The molecule has 1 aliphatic rings. The molecule has 0 aliphatic carbocycles. The molecule has 1 rings (SSSR count). The molecule has 1 saturated heterocycles. The number of aliphatic hydroxyl groups is 2. The van der Waals surface area contributed by atoms with Crippen LogP contribution in [-0.2, 0) is 14.3 Å². The number of rotatable bonds is 7. The molecule has 6 heteroatoms. The quantitative estimate of drug-likeness (QED) is 0.710. The molecule has 1 heterocycles. The van der Waals surface area contributed by atoms with Gasteiger partial charge in [-0.1, -0.05) is 0 Å². The molecule has 1 fully saturated rings. The fourth-order valence-corrected chi connectivity index (χ4v) is 1.49. The van der Waals surface area contributed by atoms with Gasteiger partial charge >= 0.3 is 0 Å². The Morgan fingerprint density at radius 1 is 1.20 bits per heavy atom. The smallest absolute Gasteiger partial charge is 0.222 e. The Bertz CT molecular complexity index is 260. The fraction of sp³-hybridized carbons (Fsp3) is 0.929. The highest BCUT2D eigenvalue weighted by molar-refractivity contribution is 5.77. The standard InChI is InChI=1S/C9H20O4.C5H9NO/c1-7(11)5-12-9(3)6-13-8(2)4-10;1-6-4-2-3-5(6)7/h7-11H,4-6H2,1-3H3;2-4H2,1H3. The van der Waals surface area contributed by atoms with Crippen LogP contribution in [0, 0.1) is 0 Å². The third-order valence-electron chi connectivity index (χ3n) is 2.80. The zero-order chi connectivity index (χ0) is 15.5. The number of nitrogens with zero attached hydrogens (tertiary/aromatic N) is 1. The van der Waals surface area contributed by atoms with Crippen molar-refractivity contribution >= 4 is 5.91 Å². The topological polar surface area (TPSA) is 79.2 Å². The maximum atomic E-state index is 10.5. The molecule has 2 N–H and O–H groups in total. The number of hydrogen-bond donors (Lipinski definition) is 2. The van der Waals surface area contributed by atoms with Gasteiger partial charge in [-0.25, -0.2) is 0 Å². The molecule has 0 spiro atoms. The van der Waals surface area contributed by atoms with Crippen molar-refractivity contribution in [3.05, 3.63) is 0 Å². The van der Waals surface area contributed by atoms with E-state index in [4.69, 9.17) is 19.7 Å². The summed E-state index contributed by atoms with van der Waals surface area (Å²) in [4.78, 5) is 12.3. The second-order valence-corrected chi connectivity index (χ2v) is 5.24. The van der Waals surface area contributed by atoms with Crippen molar-refractivity contribution in [1.82, 2.24) is 4.90 Å². The summed E-state index contributed by atoms with van der Waals surface area (Å²) in [5, 5.41) is 17.6. The van der Waals surface area contributed by atoms with Crippen LogP contribution in [0.1, 0.15) is 33.6 Å². The van der Waals surface area contributed by atoms with Gasteiger partial charge in [0, 0.05) is 20.0 Å². The van der Waals surface area contributed by atoms with E-state index in [9.17, 15) is 4.79 Å². The maximum absolute atomic E-state index is 10.5. The van der Waals surface area contributed by atoms with Crippen molar-refractivity contribution in [3.8, 4) is 0 Å². The first-order valence-corrected chi connectivity index (χ1v) is 7.12. The van der Waals surface area contributed by atoms with E-state index in [-0.39, 0.29) is 18.8 Å². The number of hydrogen-bond acceptors (Lipinski definition) is 5. The predicted octanol–water partition coefficient (Wildman–Crippen LogP) is 0.408. The minimum atomic E-state index is -0.447. The normalized spacial score (nSPS) is 19.3. The molecular formula is C14H29NO5. The van der Waals surface area contributed by atoms with Crippen molar-refractivity contribution in [2.45, 2.75) is 51.9 Å². The van der Waals surface area contributed by atoms with Crippen LogP contribution in [0.3, 0.4) is 0 Å². The lowest BCUT2D eigenvalue weighted by atomic mass is 10.4. The molecule has 6 nitrogen and oxygen atoms in total. The molecule has 0 saturated carbocycles. The van der Waals surface area contributed by atoms with E-state index in [1.807, 2.05) is 14.0 Å². The van der Waals surface area contributed by atoms with Crippen molar-refractivity contribution in [3.63, 3.8) is 0 Å². The number of amides is 1. The summed E-state index contributed by atoms with van der Waals surface area (Å²) in [5.41, 5.74) is 0. The Hall–Kier alpha value is -0.690. The lowest BCUT2D eigenvalue weighted by molar-refractivity contribution is -0.126. The summed E-state index contributed by atoms with van der Waals surface area (Å²) >= 11 is 0. The van der Waals surface area contributed by atoms with E-state index in [1.165, 1.54) is 0 Å². The van der Waals surface area contributed by atoms with E-state index >= 15 is 0 Å². The van der Waals surface area contributed by atoms with Gasteiger partial charge in [-0.3, -0.25) is 4.79 Å². The molecule has 0 aromatic heterocycles. The van der Waals surface area contributed by atoms with Gasteiger partial charge in [0.05, 0.1) is 38.1 Å². The number of aliphatic hydroxyl groups excluding tert-OH is 2. The molecule has 0 aromatic carbocycles. The Morgan fingerprint density at radius 3 is 2.15 bits per heavy atom. The van der Waals surface area contributed by atoms with Crippen molar-refractivity contribution < 1.29 is 24.5 Å². The van der Waals surface area contributed by atoms with E-state index in [1.54, 1.807) is 18.7 Å². The molecule has 1 aliphatic heterocycles. The summed E-state index contributed by atoms with van der Waals surface area (Å²) < 4.78 is 10.5. The first-order chi connectivity index (χ1) is 9.36. The van der Waals surface area contributed by atoms with Crippen LogP contribution in [0.15, 0.2) is 0 Å². The minimum Gasteiger partial charge on any atom is -0.394 e. The summed E-state index contributed by atoms with van der Waals surface area (Å²) in [6.45, 7) is 7.06. The highest BCUT2D eigenvalue weighted by Gasteiger charge is 2.14. The van der Waals surface area contributed by atoms with Crippen LogP contribution in [0.4, 0.5) is 0 Å². The van der Waals surface area contributed by atoms with E-state index in [2.05, 4.69) is 0 Å². The molecule has 3 atom stereocenters. The molecule has 20 heavy (non-hydrogen) atoms. The highest BCUT2D eigenvalue weighted by atomic mass is 16.5. The zero-order valence-electron chi connectivity index (χ0n) is 13.0. The van der Waals surface area contributed by atoms with Crippen LogP contribution in [0.25, 0.3) is 0 Å². The summed E-state index contributed by atoms with van der Waals surface area (Å²) in [5.74, 6) is 0.292. The van der Waals surface area contributed by atoms with Crippen LogP contribution < -0.4 is 0 Å². The Balaban J connectivity index is 0.000000428. The van der Waals surface area contributed by atoms with Gasteiger partial charge in [0.25, 0.3) is 0 Å². The van der Waals surface area contributed by atoms with Crippen LogP contribution in [0.2, 0.25) is 0 Å². The first kappa shape index (κ1) is 19.3. The maximum Gasteiger partial charge on any atom is 0.222 e. The first-order valence-electron chi connectivity index (χ1n) is 7.12.